The van der Waals surface area contributed by atoms with Crippen molar-refractivity contribution in [2.75, 3.05) is 6.61 Å². The second-order valence-corrected chi connectivity index (χ2v) is 7.43. The average Bonchev–Trinajstić information content (AvgIpc) is 2.63. The Kier molecular flexibility index (Phi) is 8.30. The molecule has 0 radical (unpaired) electrons. The van der Waals surface area contributed by atoms with Gasteiger partial charge in [-0.05, 0) is 30.7 Å². The molecular formula is C21H30N2O4. The van der Waals surface area contributed by atoms with Crippen molar-refractivity contribution in [3.63, 3.8) is 0 Å². The Balaban J connectivity index is 2.09. The van der Waals surface area contributed by atoms with Gasteiger partial charge >= 0.3 is 5.97 Å². The summed E-state index contributed by atoms with van der Waals surface area (Å²) in [4.78, 5) is 36.8. The zero-order valence-electron chi connectivity index (χ0n) is 16.2. The molecule has 0 aliphatic carbocycles. The third-order valence-corrected chi connectivity index (χ3v) is 4.66. The number of ether oxygens (including phenoxy) is 1. The van der Waals surface area contributed by atoms with E-state index < -0.39 is 12.0 Å². The van der Waals surface area contributed by atoms with E-state index in [0.29, 0.717) is 25.7 Å². The summed E-state index contributed by atoms with van der Waals surface area (Å²) in [7, 11) is 0. The van der Waals surface area contributed by atoms with Gasteiger partial charge in [0.2, 0.25) is 11.8 Å². The monoisotopic (exact) mass is 374 g/mol. The van der Waals surface area contributed by atoms with Gasteiger partial charge in [-0.2, -0.15) is 0 Å². The number of esters is 1. The predicted octanol–water partition coefficient (Wildman–Crippen LogP) is 2.36. The first-order chi connectivity index (χ1) is 13.0. The molecule has 2 rings (SSSR count). The summed E-state index contributed by atoms with van der Waals surface area (Å²) >= 11 is 0. The van der Waals surface area contributed by atoms with Crippen molar-refractivity contribution in [1.82, 2.24) is 10.6 Å². The number of rotatable bonds is 3. The van der Waals surface area contributed by atoms with E-state index in [1.54, 1.807) is 0 Å². The first kappa shape index (κ1) is 20.9. The van der Waals surface area contributed by atoms with Gasteiger partial charge in [0.15, 0.2) is 0 Å². The van der Waals surface area contributed by atoms with Crippen LogP contribution in [0.5, 0.6) is 0 Å². The molecule has 1 aromatic rings. The van der Waals surface area contributed by atoms with E-state index >= 15 is 0 Å². The van der Waals surface area contributed by atoms with Crippen molar-refractivity contribution in [1.29, 1.82) is 0 Å². The fourth-order valence-corrected chi connectivity index (χ4v) is 3.11. The van der Waals surface area contributed by atoms with Gasteiger partial charge < -0.3 is 15.4 Å². The highest BCUT2D eigenvalue weighted by Gasteiger charge is 2.27. The minimum absolute atomic E-state index is 0.0473. The Morgan fingerprint density at radius 2 is 1.59 bits per heavy atom. The van der Waals surface area contributed by atoms with Gasteiger partial charge in [0.25, 0.3) is 0 Å². The minimum atomic E-state index is -0.673. The molecule has 148 valence electrons. The third kappa shape index (κ3) is 7.41. The summed E-state index contributed by atoms with van der Waals surface area (Å²) in [6, 6.07) is 8.81. The van der Waals surface area contributed by atoms with Crippen molar-refractivity contribution in [3.8, 4) is 0 Å². The van der Waals surface area contributed by atoms with Crippen LogP contribution in [0.3, 0.4) is 0 Å². The largest absolute Gasteiger partial charge is 0.462 e. The van der Waals surface area contributed by atoms with E-state index in [4.69, 9.17) is 4.74 Å². The van der Waals surface area contributed by atoms with Gasteiger partial charge in [-0.1, -0.05) is 50.6 Å². The molecule has 1 aliphatic rings. The van der Waals surface area contributed by atoms with Gasteiger partial charge in [0.1, 0.15) is 12.6 Å². The first-order valence-corrected chi connectivity index (χ1v) is 9.75. The minimum Gasteiger partial charge on any atom is -0.462 e. The molecule has 1 fully saturated rings. The van der Waals surface area contributed by atoms with Crippen molar-refractivity contribution in [2.24, 2.45) is 5.92 Å². The lowest BCUT2D eigenvalue weighted by molar-refractivity contribution is -0.150. The summed E-state index contributed by atoms with van der Waals surface area (Å²) in [5.41, 5.74) is 1.06. The van der Waals surface area contributed by atoms with Gasteiger partial charge in [-0.25, -0.2) is 4.79 Å². The summed E-state index contributed by atoms with van der Waals surface area (Å²) in [6.45, 7) is 3.83. The molecule has 1 heterocycles. The lowest BCUT2D eigenvalue weighted by Crippen LogP contribution is -2.47. The Morgan fingerprint density at radius 3 is 2.22 bits per heavy atom. The van der Waals surface area contributed by atoms with E-state index in [0.717, 1.165) is 18.4 Å². The molecule has 27 heavy (non-hydrogen) atoms. The number of hydrogen-bond acceptors (Lipinski definition) is 4. The fraction of sp³-hybridized carbons (Fsp3) is 0.571. The summed E-state index contributed by atoms with van der Waals surface area (Å²) < 4.78 is 5.47. The molecule has 2 amide bonds. The number of cyclic esters (lactones) is 1. The zero-order chi connectivity index (χ0) is 19.6. The predicted molar refractivity (Wildman–Crippen MR) is 103 cm³/mol. The van der Waals surface area contributed by atoms with Crippen LogP contribution < -0.4 is 10.6 Å². The maximum absolute atomic E-state index is 12.5. The van der Waals surface area contributed by atoms with Crippen LogP contribution in [-0.4, -0.2) is 36.5 Å². The number of hydrogen-bond donors (Lipinski definition) is 2. The Hall–Kier alpha value is -2.37. The van der Waals surface area contributed by atoms with Gasteiger partial charge in [-0.15, -0.1) is 0 Å². The second-order valence-electron chi connectivity index (χ2n) is 7.43. The van der Waals surface area contributed by atoms with Crippen molar-refractivity contribution in [2.45, 2.75) is 64.5 Å². The van der Waals surface area contributed by atoms with Crippen LogP contribution in [0.4, 0.5) is 0 Å². The molecule has 2 N–H and O–H groups in total. The molecule has 6 nitrogen and oxygen atoms in total. The second kappa shape index (κ2) is 10.7. The number of carbonyl (C=O) groups is 3. The van der Waals surface area contributed by atoms with Crippen LogP contribution in [0.1, 0.15) is 51.5 Å². The van der Waals surface area contributed by atoms with Crippen LogP contribution in [0.2, 0.25) is 0 Å². The number of amides is 2. The first-order valence-electron chi connectivity index (χ1n) is 9.75. The number of benzene rings is 1. The maximum atomic E-state index is 12.5. The van der Waals surface area contributed by atoms with Gasteiger partial charge in [0, 0.05) is 12.8 Å². The van der Waals surface area contributed by atoms with Gasteiger partial charge in [0.05, 0.1) is 6.04 Å². The molecule has 1 saturated heterocycles. The molecule has 6 heteroatoms. The van der Waals surface area contributed by atoms with Crippen LogP contribution in [0, 0.1) is 5.92 Å². The SMILES string of the molecule is CC(C)[C@@H]1NC(=O)CCCCCC(=O)N[C@@H](Cc2ccccc2)COC1=O. The highest BCUT2D eigenvalue weighted by molar-refractivity contribution is 5.84. The topological polar surface area (TPSA) is 84.5 Å². The molecule has 1 aromatic carbocycles. The van der Waals surface area contributed by atoms with Crippen LogP contribution >= 0.6 is 0 Å². The van der Waals surface area contributed by atoms with E-state index in [-0.39, 0.29) is 30.4 Å². The molecule has 0 unspecified atom stereocenters. The van der Waals surface area contributed by atoms with E-state index in [1.165, 1.54) is 0 Å². The lowest BCUT2D eigenvalue weighted by Gasteiger charge is -2.24. The molecule has 0 aromatic heterocycles. The molecular weight excluding hydrogens is 344 g/mol. The Labute approximate surface area is 161 Å². The number of nitrogens with one attached hydrogen (secondary N) is 2. The standard InChI is InChI=1S/C21H30N2O4/c1-15(2)20-21(26)27-14-17(13-16-9-5-3-6-10-16)22-18(24)11-7-4-8-12-19(25)23-20/h3,5-6,9-10,15,17,20H,4,7-8,11-14H2,1-2H3,(H,22,24)(H,23,25)/t17-,20-/m0/s1. The van der Waals surface area contributed by atoms with E-state index in [9.17, 15) is 14.4 Å². The van der Waals surface area contributed by atoms with Crippen molar-refractivity contribution in [3.05, 3.63) is 35.9 Å². The van der Waals surface area contributed by atoms with E-state index in [1.807, 2.05) is 44.2 Å². The quantitative estimate of drug-likeness (QED) is 0.796. The van der Waals surface area contributed by atoms with Crippen LogP contribution in [-0.2, 0) is 25.5 Å². The highest BCUT2D eigenvalue weighted by atomic mass is 16.5. The smallest absolute Gasteiger partial charge is 0.328 e. The molecule has 0 saturated carbocycles. The molecule has 2 atom stereocenters. The van der Waals surface area contributed by atoms with Crippen LogP contribution in [0.15, 0.2) is 30.3 Å². The number of carbonyl (C=O) groups excluding carboxylic acids is 3. The van der Waals surface area contributed by atoms with Crippen molar-refractivity contribution >= 4 is 17.8 Å². The summed E-state index contributed by atoms with van der Waals surface area (Å²) in [6.07, 6.45) is 3.60. The lowest BCUT2D eigenvalue weighted by atomic mass is 10.0. The van der Waals surface area contributed by atoms with Crippen molar-refractivity contribution < 1.29 is 19.1 Å². The van der Waals surface area contributed by atoms with E-state index in [2.05, 4.69) is 10.6 Å². The normalized spacial score (nSPS) is 23.1. The molecule has 0 bridgehead atoms. The van der Waals surface area contributed by atoms with Gasteiger partial charge in [-0.3, -0.25) is 9.59 Å². The molecule has 1 aliphatic heterocycles. The highest BCUT2D eigenvalue weighted by Crippen LogP contribution is 2.10. The Morgan fingerprint density at radius 1 is 0.963 bits per heavy atom. The Bertz CT molecular complexity index is 630. The zero-order valence-corrected chi connectivity index (χ0v) is 16.2. The summed E-state index contributed by atoms with van der Waals surface area (Å²) in [5.74, 6) is -0.721. The maximum Gasteiger partial charge on any atom is 0.328 e. The summed E-state index contributed by atoms with van der Waals surface area (Å²) in [5, 5.41) is 5.78. The third-order valence-electron chi connectivity index (χ3n) is 4.66. The molecule has 0 spiro atoms. The van der Waals surface area contributed by atoms with Crippen LogP contribution in [0.25, 0.3) is 0 Å². The average molecular weight is 374 g/mol. The fourth-order valence-electron chi connectivity index (χ4n) is 3.11.